The Hall–Kier alpha value is -1.06. The van der Waals surface area contributed by atoms with Crippen LogP contribution >= 0.6 is 0 Å². The Morgan fingerprint density at radius 2 is 0.917 bits per heavy atom. The molecule has 0 bridgehead atoms. The van der Waals surface area contributed by atoms with Gasteiger partial charge in [-0.1, -0.05) is 79.1 Å². The molecule has 0 aromatic heterocycles. The minimum atomic E-state index is 0.522. The molecular formula is C20H40O4. The van der Waals surface area contributed by atoms with E-state index in [-0.39, 0.29) is 0 Å². The zero-order valence-electron chi connectivity index (χ0n) is 16.4. The summed E-state index contributed by atoms with van der Waals surface area (Å²) in [7, 11) is 0. The van der Waals surface area contributed by atoms with E-state index in [9.17, 15) is 9.59 Å². The molecule has 0 heterocycles. The van der Waals surface area contributed by atoms with Crippen LogP contribution in [0.2, 0.25) is 0 Å². The van der Waals surface area contributed by atoms with E-state index in [1.807, 2.05) is 0 Å². The molecule has 4 heteroatoms. The van der Waals surface area contributed by atoms with Crippen LogP contribution in [0.3, 0.4) is 0 Å². The molecule has 0 saturated heterocycles. The van der Waals surface area contributed by atoms with Crippen molar-refractivity contribution in [3.63, 3.8) is 0 Å². The molecule has 0 N–H and O–H groups in total. The predicted octanol–water partition coefficient (Wildman–Crippen LogP) is 5.53. The molecule has 0 unspecified atom stereocenters. The molecule has 0 atom stereocenters. The summed E-state index contributed by atoms with van der Waals surface area (Å²) in [6.45, 7) is 11.2. The first kappa shape index (κ1) is 25.2. The largest absolute Gasteiger partial charge is 0.468 e. The average Bonchev–Trinajstić information content (AvgIpc) is 2.53. The van der Waals surface area contributed by atoms with E-state index in [0.29, 0.717) is 26.2 Å². The quantitative estimate of drug-likeness (QED) is 0.273. The van der Waals surface area contributed by atoms with Gasteiger partial charge in [0.05, 0.1) is 13.2 Å². The minimum absolute atomic E-state index is 0.522. The fourth-order valence-corrected chi connectivity index (χ4v) is 2.28. The van der Waals surface area contributed by atoms with Gasteiger partial charge in [-0.15, -0.1) is 0 Å². The SMILES string of the molecule is CC(C)CCCCCCOC=O.CC(C)CCCCCCOC=O. The maximum atomic E-state index is 9.76. The normalized spacial score (nSPS) is 10.2. The van der Waals surface area contributed by atoms with Crippen LogP contribution in [0, 0.1) is 11.8 Å². The van der Waals surface area contributed by atoms with Crippen molar-refractivity contribution >= 4 is 12.9 Å². The molecule has 4 nitrogen and oxygen atoms in total. The lowest BCUT2D eigenvalue weighted by atomic mass is 10.0. The van der Waals surface area contributed by atoms with E-state index in [1.165, 1.54) is 51.4 Å². The van der Waals surface area contributed by atoms with Gasteiger partial charge in [-0.25, -0.2) is 0 Å². The minimum Gasteiger partial charge on any atom is -0.468 e. The van der Waals surface area contributed by atoms with Crippen LogP contribution in [0.5, 0.6) is 0 Å². The second kappa shape index (κ2) is 21.9. The maximum Gasteiger partial charge on any atom is 0.293 e. The van der Waals surface area contributed by atoms with Crippen LogP contribution in [0.25, 0.3) is 0 Å². The van der Waals surface area contributed by atoms with Crippen LogP contribution in [0.15, 0.2) is 0 Å². The van der Waals surface area contributed by atoms with E-state index < -0.39 is 0 Å². The van der Waals surface area contributed by atoms with Crippen molar-refractivity contribution in [2.45, 2.75) is 91.9 Å². The van der Waals surface area contributed by atoms with Crippen molar-refractivity contribution in [1.82, 2.24) is 0 Å². The summed E-state index contributed by atoms with van der Waals surface area (Å²) in [5.74, 6) is 1.63. The molecular weight excluding hydrogens is 304 g/mol. The van der Waals surface area contributed by atoms with Crippen molar-refractivity contribution in [2.75, 3.05) is 13.2 Å². The molecule has 0 amide bonds. The fourth-order valence-electron chi connectivity index (χ4n) is 2.28. The highest BCUT2D eigenvalue weighted by Crippen LogP contribution is 2.09. The highest BCUT2D eigenvalue weighted by atomic mass is 16.5. The highest BCUT2D eigenvalue weighted by molar-refractivity contribution is 5.36. The molecule has 0 radical (unpaired) electrons. The topological polar surface area (TPSA) is 52.6 Å². The van der Waals surface area contributed by atoms with Gasteiger partial charge in [-0.05, 0) is 24.7 Å². The van der Waals surface area contributed by atoms with E-state index in [0.717, 1.165) is 24.7 Å². The Kier molecular flexibility index (Phi) is 23.0. The molecule has 0 fully saturated rings. The Morgan fingerprint density at radius 1 is 0.583 bits per heavy atom. The van der Waals surface area contributed by atoms with Crippen molar-refractivity contribution in [1.29, 1.82) is 0 Å². The molecule has 0 saturated carbocycles. The lowest BCUT2D eigenvalue weighted by molar-refractivity contribution is -0.129. The number of unbranched alkanes of at least 4 members (excludes halogenated alkanes) is 6. The molecule has 0 rings (SSSR count). The summed E-state index contributed by atoms with van der Waals surface area (Å²) in [5, 5.41) is 0. The van der Waals surface area contributed by atoms with Gasteiger partial charge in [0.1, 0.15) is 0 Å². The third kappa shape index (κ3) is 29.0. The number of ether oxygens (including phenoxy) is 2. The van der Waals surface area contributed by atoms with Gasteiger partial charge in [0.2, 0.25) is 0 Å². The Balaban J connectivity index is 0. The number of hydrogen-bond donors (Lipinski definition) is 0. The summed E-state index contributed by atoms with van der Waals surface area (Å²) in [6, 6.07) is 0. The van der Waals surface area contributed by atoms with E-state index >= 15 is 0 Å². The second-order valence-corrected chi connectivity index (χ2v) is 7.13. The van der Waals surface area contributed by atoms with Crippen molar-refractivity contribution < 1.29 is 19.1 Å². The van der Waals surface area contributed by atoms with Gasteiger partial charge in [-0.2, -0.15) is 0 Å². The van der Waals surface area contributed by atoms with Gasteiger partial charge in [0.25, 0.3) is 12.9 Å². The number of hydrogen-bond acceptors (Lipinski definition) is 4. The Bertz CT molecular complexity index is 226. The van der Waals surface area contributed by atoms with Gasteiger partial charge < -0.3 is 9.47 Å². The summed E-state index contributed by atoms with van der Waals surface area (Å²) >= 11 is 0. The van der Waals surface area contributed by atoms with E-state index in [1.54, 1.807) is 0 Å². The van der Waals surface area contributed by atoms with Crippen molar-refractivity contribution in [2.24, 2.45) is 11.8 Å². The van der Waals surface area contributed by atoms with Crippen LogP contribution in [-0.4, -0.2) is 26.2 Å². The summed E-state index contributed by atoms with van der Waals surface area (Å²) in [4.78, 5) is 19.5. The molecule has 0 aromatic carbocycles. The standard InChI is InChI=1S/2C10H20O2/c2*1-10(2)7-5-3-4-6-8-12-9-11/h2*9-10H,3-8H2,1-2H3. The zero-order chi connectivity index (χ0) is 18.5. The van der Waals surface area contributed by atoms with Gasteiger partial charge in [0, 0.05) is 0 Å². The average molecular weight is 345 g/mol. The van der Waals surface area contributed by atoms with Crippen LogP contribution < -0.4 is 0 Å². The lowest BCUT2D eigenvalue weighted by Crippen LogP contribution is -1.92. The smallest absolute Gasteiger partial charge is 0.293 e. The summed E-state index contributed by atoms with van der Waals surface area (Å²) in [5.41, 5.74) is 0. The molecule has 0 spiro atoms. The van der Waals surface area contributed by atoms with Gasteiger partial charge in [-0.3, -0.25) is 9.59 Å². The molecule has 24 heavy (non-hydrogen) atoms. The first-order chi connectivity index (χ1) is 11.5. The van der Waals surface area contributed by atoms with Gasteiger partial charge >= 0.3 is 0 Å². The molecule has 144 valence electrons. The van der Waals surface area contributed by atoms with Crippen LogP contribution in [0.1, 0.15) is 91.9 Å². The van der Waals surface area contributed by atoms with E-state index in [4.69, 9.17) is 0 Å². The van der Waals surface area contributed by atoms with Crippen LogP contribution in [0.4, 0.5) is 0 Å². The Labute approximate surface area is 149 Å². The maximum absolute atomic E-state index is 9.76. The molecule has 0 aliphatic carbocycles. The molecule has 0 aromatic rings. The highest BCUT2D eigenvalue weighted by Gasteiger charge is 1.95. The van der Waals surface area contributed by atoms with E-state index in [2.05, 4.69) is 37.2 Å². The fraction of sp³-hybridized carbons (Fsp3) is 0.900. The molecule has 0 aliphatic heterocycles. The number of carbonyl (C=O) groups is 2. The first-order valence-electron chi connectivity index (χ1n) is 9.65. The third-order valence-electron chi connectivity index (χ3n) is 3.72. The lowest BCUT2D eigenvalue weighted by Gasteiger charge is -2.03. The summed E-state index contributed by atoms with van der Waals surface area (Å²) < 4.78 is 9.16. The predicted molar refractivity (Wildman–Crippen MR) is 99.9 cm³/mol. The second-order valence-electron chi connectivity index (χ2n) is 7.13. The Morgan fingerprint density at radius 3 is 1.21 bits per heavy atom. The van der Waals surface area contributed by atoms with Gasteiger partial charge in [0.15, 0.2) is 0 Å². The van der Waals surface area contributed by atoms with Crippen molar-refractivity contribution in [3.8, 4) is 0 Å². The zero-order valence-corrected chi connectivity index (χ0v) is 16.4. The third-order valence-corrected chi connectivity index (χ3v) is 3.72. The molecule has 0 aliphatic rings. The summed E-state index contributed by atoms with van der Waals surface area (Å²) in [6.07, 6.45) is 12.1. The van der Waals surface area contributed by atoms with Crippen LogP contribution in [-0.2, 0) is 19.1 Å². The first-order valence-corrected chi connectivity index (χ1v) is 9.65. The monoisotopic (exact) mass is 344 g/mol. The number of carbonyl (C=O) groups excluding carboxylic acids is 2. The van der Waals surface area contributed by atoms with Crippen molar-refractivity contribution in [3.05, 3.63) is 0 Å². The number of rotatable bonds is 16.